The average molecular weight is 217 g/mol. The van der Waals surface area contributed by atoms with Crippen LogP contribution in [-0.4, -0.2) is 12.9 Å². The van der Waals surface area contributed by atoms with Gasteiger partial charge in [-0.15, -0.1) is 0 Å². The van der Waals surface area contributed by atoms with Gasteiger partial charge in [0.15, 0.2) is 5.78 Å². The van der Waals surface area contributed by atoms with Crippen molar-refractivity contribution in [2.45, 2.75) is 19.8 Å². The summed E-state index contributed by atoms with van der Waals surface area (Å²) in [7, 11) is 1.53. The fourth-order valence-corrected chi connectivity index (χ4v) is 1.52. The summed E-state index contributed by atoms with van der Waals surface area (Å²) in [5.41, 5.74) is 0.645. The topological polar surface area (TPSA) is 50.1 Å². The van der Waals surface area contributed by atoms with Crippen LogP contribution in [0, 0.1) is 17.2 Å². The van der Waals surface area contributed by atoms with Crippen molar-refractivity contribution in [1.82, 2.24) is 0 Å². The Morgan fingerprint density at radius 1 is 1.38 bits per heavy atom. The fourth-order valence-electron chi connectivity index (χ4n) is 1.52. The van der Waals surface area contributed by atoms with Gasteiger partial charge in [0, 0.05) is 11.5 Å². The van der Waals surface area contributed by atoms with Crippen molar-refractivity contribution in [1.29, 1.82) is 5.26 Å². The molecule has 0 aromatic heterocycles. The summed E-state index contributed by atoms with van der Waals surface area (Å²) in [5, 5.41) is 9.09. The van der Waals surface area contributed by atoms with Crippen LogP contribution in [0.25, 0.3) is 0 Å². The van der Waals surface area contributed by atoms with Gasteiger partial charge in [-0.25, -0.2) is 0 Å². The molecule has 0 aliphatic heterocycles. The van der Waals surface area contributed by atoms with Crippen molar-refractivity contribution in [3.63, 3.8) is 0 Å². The number of benzene rings is 1. The van der Waals surface area contributed by atoms with Crippen molar-refractivity contribution < 1.29 is 9.53 Å². The van der Waals surface area contributed by atoms with Gasteiger partial charge in [-0.2, -0.15) is 5.26 Å². The molecule has 0 heterocycles. The molecule has 1 rings (SSSR count). The Balaban J connectivity index is 3.15. The Morgan fingerprint density at radius 3 is 2.50 bits per heavy atom. The van der Waals surface area contributed by atoms with Crippen LogP contribution in [-0.2, 0) is 4.79 Å². The summed E-state index contributed by atoms with van der Waals surface area (Å²) in [5.74, 6) is -0.388. The molecule has 0 bridgehead atoms. The number of ether oxygens (including phenoxy) is 1. The van der Waals surface area contributed by atoms with Gasteiger partial charge in [0.2, 0.25) is 0 Å². The third kappa shape index (κ3) is 2.40. The number of carbonyl (C=O) groups is 1. The van der Waals surface area contributed by atoms with E-state index in [0.717, 1.165) is 0 Å². The molecule has 3 nitrogen and oxygen atoms in total. The van der Waals surface area contributed by atoms with E-state index in [1.54, 1.807) is 32.0 Å². The molecule has 0 aliphatic rings. The minimum absolute atomic E-state index is 0.0769. The lowest BCUT2D eigenvalue weighted by atomic mass is 9.89. The third-order valence-corrected chi connectivity index (χ3v) is 2.43. The quantitative estimate of drug-likeness (QED) is 0.778. The predicted octanol–water partition coefficient (Wildman–Crippen LogP) is 2.53. The Hall–Kier alpha value is -1.82. The van der Waals surface area contributed by atoms with Crippen LogP contribution in [0.1, 0.15) is 25.3 Å². The Morgan fingerprint density at radius 2 is 2.00 bits per heavy atom. The molecule has 0 aliphatic carbocycles. The molecule has 84 valence electrons. The number of rotatable bonds is 4. The summed E-state index contributed by atoms with van der Waals surface area (Å²) >= 11 is 0. The van der Waals surface area contributed by atoms with Crippen molar-refractivity contribution in [3.05, 3.63) is 29.8 Å². The minimum atomic E-state index is -0.740. The van der Waals surface area contributed by atoms with E-state index in [0.29, 0.717) is 11.3 Å². The zero-order valence-corrected chi connectivity index (χ0v) is 9.73. The predicted molar refractivity (Wildman–Crippen MR) is 61.2 cm³/mol. The zero-order chi connectivity index (χ0) is 12.1. The molecule has 0 N–H and O–H groups in total. The second-order valence-electron chi connectivity index (χ2n) is 3.86. The lowest BCUT2D eigenvalue weighted by Gasteiger charge is -2.14. The number of nitrogens with zero attached hydrogens (tertiary/aromatic N) is 1. The average Bonchev–Trinajstić information content (AvgIpc) is 2.30. The molecule has 0 amide bonds. The van der Waals surface area contributed by atoms with Crippen LogP contribution in [0.3, 0.4) is 0 Å². The smallest absolute Gasteiger partial charge is 0.157 e. The fraction of sp³-hybridized carbons (Fsp3) is 0.385. The van der Waals surface area contributed by atoms with Crippen LogP contribution < -0.4 is 4.74 Å². The van der Waals surface area contributed by atoms with Crippen molar-refractivity contribution in [2.75, 3.05) is 7.11 Å². The first-order valence-corrected chi connectivity index (χ1v) is 5.18. The number of hydrogen-bond acceptors (Lipinski definition) is 3. The normalized spacial score (nSPS) is 11.9. The second kappa shape index (κ2) is 5.32. The van der Waals surface area contributed by atoms with E-state index in [2.05, 4.69) is 0 Å². The van der Waals surface area contributed by atoms with Crippen LogP contribution in [0.15, 0.2) is 24.3 Å². The molecule has 1 atom stereocenters. The highest BCUT2D eigenvalue weighted by Gasteiger charge is 2.25. The Kier molecular flexibility index (Phi) is 4.07. The molecule has 0 radical (unpaired) electrons. The third-order valence-electron chi connectivity index (χ3n) is 2.43. The van der Waals surface area contributed by atoms with E-state index in [9.17, 15) is 4.79 Å². The van der Waals surface area contributed by atoms with E-state index in [4.69, 9.17) is 10.00 Å². The molecular weight excluding hydrogens is 202 g/mol. The number of ketones is 1. The maximum absolute atomic E-state index is 11.9. The molecule has 3 heteroatoms. The van der Waals surface area contributed by atoms with Gasteiger partial charge in [-0.3, -0.25) is 4.79 Å². The van der Waals surface area contributed by atoms with Gasteiger partial charge in [0.05, 0.1) is 13.2 Å². The Bertz CT molecular complexity index is 418. The van der Waals surface area contributed by atoms with Gasteiger partial charge in [-0.05, 0) is 6.07 Å². The van der Waals surface area contributed by atoms with E-state index in [1.165, 1.54) is 7.11 Å². The number of hydrogen-bond donors (Lipinski definition) is 0. The van der Waals surface area contributed by atoms with Crippen LogP contribution in [0.4, 0.5) is 0 Å². The largest absolute Gasteiger partial charge is 0.496 e. The maximum Gasteiger partial charge on any atom is 0.157 e. The highest BCUT2D eigenvalue weighted by molar-refractivity contribution is 5.90. The molecule has 0 saturated carbocycles. The number of Topliss-reactive ketones (excluding diaryl/α,β-unsaturated/α-hetero) is 1. The van der Waals surface area contributed by atoms with E-state index < -0.39 is 5.92 Å². The summed E-state index contributed by atoms with van der Waals surface area (Å²) in [6, 6.07) is 9.18. The zero-order valence-electron chi connectivity index (χ0n) is 9.73. The van der Waals surface area contributed by atoms with E-state index >= 15 is 0 Å². The second-order valence-corrected chi connectivity index (χ2v) is 3.86. The summed E-state index contributed by atoms with van der Waals surface area (Å²) in [6.45, 7) is 3.59. The lowest BCUT2D eigenvalue weighted by Crippen LogP contribution is -2.17. The lowest BCUT2D eigenvalue weighted by molar-refractivity contribution is -0.122. The monoisotopic (exact) mass is 217 g/mol. The molecule has 0 fully saturated rings. The van der Waals surface area contributed by atoms with E-state index in [-0.39, 0.29) is 11.7 Å². The van der Waals surface area contributed by atoms with Gasteiger partial charge in [0.1, 0.15) is 11.7 Å². The van der Waals surface area contributed by atoms with Crippen LogP contribution in [0.5, 0.6) is 5.75 Å². The van der Waals surface area contributed by atoms with Gasteiger partial charge >= 0.3 is 0 Å². The molecular formula is C13H15NO2. The first-order valence-electron chi connectivity index (χ1n) is 5.18. The summed E-state index contributed by atoms with van der Waals surface area (Å²) < 4.78 is 5.15. The molecule has 1 aromatic rings. The molecule has 0 spiro atoms. The Labute approximate surface area is 95.7 Å². The van der Waals surface area contributed by atoms with E-state index in [1.807, 2.05) is 12.1 Å². The van der Waals surface area contributed by atoms with Crippen LogP contribution >= 0.6 is 0 Å². The minimum Gasteiger partial charge on any atom is -0.496 e. The maximum atomic E-state index is 11.9. The molecule has 0 saturated heterocycles. The number of para-hydroxylation sites is 1. The number of nitriles is 1. The highest BCUT2D eigenvalue weighted by Crippen LogP contribution is 2.28. The first-order chi connectivity index (χ1) is 7.61. The standard InChI is InChI=1S/C13H15NO2/c1-9(2)13(15)11(8-14)10-6-4-5-7-12(10)16-3/h4-7,9,11H,1-3H3/t11-/m1/s1. The summed E-state index contributed by atoms with van der Waals surface area (Å²) in [6.07, 6.45) is 0. The first kappa shape index (κ1) is 12.3. The van der Waals surface area contributed by atoms with Gasteiger partial charge in [0.25, 0.3) is 0 Å². The highest BCUT2D eigenvalue weighted by atomic mass is 16.5. The molecule has 0 unspecified atom stereocenters. The molecule has 1 aromatic carbocycles. The van der Waals surface area contributed by atoms with Gasteiger partial charge in [-0.1, -0.05) is 32.0 Å². The van der Waals surface area contributed by atoms with Crippen molar-refractivity contribution in [3.8, 4) is 11.8 Å². The number of methoxy groups -OCH3 is 1. The SMILES string of the molecule is COc1ccccc1[C@@H](C#N)C(=O)C(C)C. The summed E-state index contributed by atoms with van der Waals surface area (Å²) in [4.78, 5) is 11.9. The van der Waals surface area contributed by atoms with Gasteiger partial charge < -0.3 is 4.74 Å². The molecule has 16 heavy (non-hydrogen) atoms. The van der Waals surface area contributed by atoms with Crippen LogP contribution in [0.2, 0.25) is 0 Å². The number of carbonyl (C=O) groups excluding carboxylic acids is 1. The van der Waals surface area contributed by atoms with Crippen molar-refractivity contribution in [2.24, 2.45) is 5.92 Å². The van der Waals surface area contributed by atoms with Crippen molar-refractivity contribution >= 4 is 5.78 Å².